The second-order valence-corrected chi connectivity index (χ2v) is 5.99. The number of nitrogens with zero attached hydrogens (tertiary/aromatic N) is 2. The minimum Gasteiger partial charge on any atom is -0.478 e. The van der Waals surface area contributed by atoms with Crippen molar-refractivity contribution in [1.82, 2.24) is 14.5 Å². The quantitative estimate of drug-likeness (QED) is 0.847. The number of sulfonamides is 1. The van der Waals surface area contributed by atoms with Gasteiger partial charge in [0.25, 0.3) is 0 Å². The van der Waals surface area contributed by atoms with E-state index in [4.69, 9.17) is 5.11 Å². The van der Waals surface area contributed by atoms with Crippen molar-refractivity contribution in [2.24, 2.45) is 7.05 Å². The second kappa shape index (κ2) is 5.62. The molecule has 0 saturated heterocycles. The summed E-state index contributed by atoms with van der Waals surface area (Å²) in [6.07, 6.45) is 1.64. The van der Waals surface area contributed by atoms with Crippen LogP contribution in [0.25, 0.3) is 0 Å². The van der Waals surface area contributed by atoms with Crippen molar-refractivity contribution < 1.29 is 22.7 Å². The molecule has 0 atom stereocenters. The van der Waals surface area contributed by atoms with E-state index in [9.17, 15) is 17.6 Å². The number of halogens is 1. The number of rotatable bonds is 5. The molecule has 0 aliphatic rings. The van der Waals surface area contributed by atoms with E-state index in [-0.39, 0.29) is 12.1 Å². The van der Waals surface area contributed by atoms with Gasteiger partial charge in [-0.05, 0) is 24.3 Å². The second-order valence-electron chi connectivity index (χ2n) is 4.26. The Hall–Kier alpha value is -2.26. The van der Waals surface area contributed by atoms with Gasteiger partial charge in [-0.15, -0.1) is 0 Å². The Kier molecular flexibility index (Phi) is 4.05. The number of nitrogens with one attached hydrogen (secondary N) is 1. The fraction of sp³-hybridized carbons (Fsp3) is 0.167. The van der Waals surface area contributed by atoms with Crippen molar-refractivity contribution >= 4 is 16.0 Å². The smallest absolute Gasteiger partial charge is 0.335 e. The van der Waals surface area contributed by atoms with Crippen LogP contribution in [0.4, 0.5) is 4.39 Å². The molecule has 1 aromatic carbocycles. The summed E-state index contributed by atoms with van der Waals surface area (Å²) in [4.78, 5) is 10.1. The monoisotopic (exact) mass is 313 g/mol. The van der Waals surface area contributed by atoms with Crippen molar-refractivity contribution in [2.75, 3.05) is 0 Å². The molecular weight excluding hydrogens is 301 g/mol. The molecule has 0 bridgehead atoms. The van der Waals surface area contributed by atoms with Crippen LogP contribution in [-0.2, 0) is 23.6 Å². The van der Waals surface area contributed by atoms with E-state index in [0.29, 0.717) is 11.8 Å². The van der Waals surface area contributed by atoms with Crippen molar-refractivity contribution in [3.8, 4) is 0 Å². The molecule has 0 aliphatic heterocycles. The predicted octanol–water partition coefficient (Wildman–Crippen LogP) is 0.736. The number of aromatic nitrogens is 2. The average molecular weight is 313 g/mol. The van der Waals surface area contributed by atoms with Gasteiger partial charge in [0, 0.05) is 13.2 Å². The zero-order valence-electron chi connectivity index (χ0n) is 10.9. The van der Waals surface area contributed by atoms with Gasteiger partial charge in [0.2, 0.25) is 10.0 Å². The number of aryl methyl sites for hydroxylation is 1. The first-order valence-corrected chi connectivity index (χ1v) is 7.29. The van der Waals surface area contributed by atoms with Gasteiger partial charge in [-0.25, -0.2) is 22.3 Å². The molecule has 0 saturated carbocycles. The summed E-state index contributed by atoms with van der Waals surface area (Å²) in [6.45, 7) is -0.0940. The first-order chi connectivity index (χ1) is 9.79. The molecule has 0 fully saturated rings. The fourth-order valence-electron chi connectivity index (χ4n) is 1.66. The van der Waals surface area contributed by atoms with Crippen molar-refractivity contribution in [2.45, 2.75) is 11.4 Å². The van der Waals surface area contributed by atoms with E-state index >= 15 is 0 Å². The van der Waals surface area contributed by atoms with Gasteiger partial charge in [0.05, 0.1) is 17.8 Å². The summed E-state index contributed by atoms with van der Waals surface area (Å²) in [5.41, 5.74) is 0.153. The molecule has 21 heavy (non-hydrogen) atoms. The molecule has 7 nitrogen and oxygen atoms in total. The highest BCUT2D eigenvalue weighted by Gasteiger charge is 2.20. The summed E-state index contributed by atoms with van der Waals surface area (Å²) in [5, 5.41) is 12.7. The predicted molar refractivity (Wildman–Crippen MR) is 70.6 cm³/mol. The summed E-state index contributed by atoms with van der Waals surface area (Å²) in [5.74, 6) is -2.46. The molecule has 2 N–H and O–H groups in total. The lowest BCUT2D eigenvalue weighted by Crippen LogP contribution is -2.24. The van der Waals surface area contributed by atoms with Gasteiger partial charge < -0.3 is 5.11 Å². The Balaban J connectivity index is 2.21. The third-order valence-electron chi connectivity index (χ3n) is 2.68. The molecule has 0 aliphatic carbocycles. The SMILES string of the molecule is Cn1ccc(CNS(=O)(=O)c2ccc(C(=O)O)cc2F)n1. The molecule has 1 aromatic heterocycles. The highest BCUT2D eigenvalue weighted by atomic mass is 32.2. The van der Waals surface area contributed by atoms with E-state index in [2.05, 4.69) is 9.82 Å². The fourth-order valence-corrected chi connectivity index (χ4v) is 2.71. The van der Waals surface area contributed by atoms with E-state index in [1.54, 1.807) is 19.3 Å². The molecule has 2 rings (SSSR count). The van der Waals surface area contributed by atoms with Gasteiger partial charge >= 0.3 is 5.97 Å². The van der Waals surface area contributed by atoms with Crippen molar-refractivity contribution in [3.05, 3.63) is 47.5 Å². The minimum absolute atomic E-state index is 0.0940. The van der Waals surface area contributed by atoms with Crippen LogP contribution in [0.3, 0.4) is 0 Å². The third kappa shape index (κ3) is 3.44. The Morgan fingerprint density at radius 3 is 2.67 bits per heavy atom. The number of carbonyl (C=O) groups is 1. The molecule has 2 aromatic rings. The molecule has 0 spiro atoms. The van der Waals surface area contributed by atoms with E-state index in [1.807, 2.05) is 0 Å². The number of hydrogen-bond donors (Lipinski definition) is 2. The van der Waals surface area contributed by atoms with Gasteiger partial charge in [-0.1, -0.05) is 0 Å². The Bertz CT molecular complexity index is 786. The van der Waals surface area contributed by atoms with Crippen molar-refractivity contribution in [3.63, 3.8) is 0 Å². The summed E-state index contributed by atoms with van der Waals surface area (Å²) < 4.78 is 41.4. The number of carboxylic acids is 1. The maximum atomic E-state index is 13.7. The van der Waals surface area contributed by atoms with E-state index in [1.165, 1.54) is 4.68 Å². The van der Waals surface area contributed by atoms with E-state index < -0.39 is 26.7 Å². The number of hydrogen-bond acceptors (Lipinski definition) is 4. The largest absolute Gasteiger partial charge is 0.478 e. The third-order valence-corrected chi connectivity index (χ3v) is 4.11. The number of aromatic carboxylic acids is 1. The van der Waals surface area contributed by atoms with Crippen LogP contribution >= 0.6 is 0 Å². The average Bonchev–Trinajstić information content (AvgIpc) is 2.82. The maximum Gasteiger partial charge on any atom is 0.335 e. The molecule has 0 radical (unpaired) electrons. The Morgan fingerprint density at radius 2 is 2.14 bits per heavy atom. The van der Waals surface area contributed by atoms with Crippen LogP contribution in [0.2, 0.25) is 0 Å². The standard InChI is InChI=1S/C12H12FN3O4S/c1-16-5-4-9(15-16)7-14-21(19,20)11-3-2-8(12(17)18)6-10(11)13/h2-6,14H,7H2,1H3,(H,17,18). The molecule has 1 heterocycles. The summed E-state index contributed by atoms with van der Waals surface area (Å²) in [7, 11) is -2.41. The van der Waals surface area contributed by atoms with Crippen LogP contribution in [0.15, 0.2) is 35.4 Å². The molecule has 0 unspecified atom stereocenters. The van der Waals surface area contributed by atoms with Gasteiger partial charge in [0.1, 0.15) is 10.7 Å². The van der Waals surface area contributed by atoms with Gasteiger partial charge in [0.15, 0.2) is 0 Å². The topological polar surface area (TPSA) is 101 Å². The Labute approximate surface area is 120 Å². The lowest BCUT2D eigenvalue weighted by Gasteiger charge is -2.07. The van der Waals surface area contributed by atoms with Crippen LogP contribution in [-0.4, -0.2) is 29.3 Å². The zero-order valence-corrected chi connectivity index (χ0v) is 11.8. The Morgan fingerprint density at radius 1 is 1.43 bits per heavy atom. The van der Waals surface area contributed by atoms with Crippen LogP contribution in [0.5, 0.6) is 0 Å². The van der Waals surface area contributed by atoms with Crippen LogP contribution in [0.1, 0.15) is 16.1 Å². The summed E-state index contributed by atoms with van der Waals surface area (Å²) in [6, 6.07) is 4.23. The van der Waals surface area contributed by atoms with E-state index in [0.717, 1.165) is 12.1 Å². The van der Waals surface area contributed by atoms with Gasteiger partial charge in [-0.2, -0.15) is 5.10 Å². The minimum atomic E-state index is -4.09. The number of benzene rings is 1. The first kappa shape index (κ1) is 15.1. The lowest BCUT2D eigenvalue weighted by atomic mass is 10.2. The highest BCUT2D eigenvalue weighted by molar-refractivity contribution is 7.89. The van der Waals surface area contributed by atoms with Crippen molar-refractivity contribution in [1.29, 1.82) is 0 Å². The lowest BCUT2D eigenvalue weighted by molar-refractivity contribution is 0.0696. The van der Waals surface area contributed by atoms with Crippen LogP contribution < -0.4 is 4.72 Å². The first-order valence-electron chi connectivity index (χ1n) is 5.80. The zero-order chi connectivity index (χ0) is 15.6. The molecule has 0 amide bonds. The molecule has 9 heteroatoms. The summed E-state index contributed by atoms with van der Waals surface area (Å²) >= 11 is 0. The highest BCUT2D eigenvalue weighted by Crippen LogP contribution is 2.16. The number of carboxylic acid groups (broad SMARTS) is 1. The maximum absolute atomic E-state index is 13.7. The van der Waals surface area contributed by atoms with Gasteiger partial charge in [-0.3, -0.25) is 4.68 Å². The molecule has 112 valence electrons. The van der Waals surface area contributed by atoms with Crippen LogP contribution in [0, 0.1) is 5.82 Å². The normalized spacial score (nSPS) is 11.5. The molecular formula is C12H12FN3O4S.